The molecule has 3 aromatic rings. The third kappa shape index (κ3) is 2.93. The highest BCUT2D eigenvalue weighted by Crippen LogP contribution is 2.34. The second-order valence-electron chi connectivity index (χ2n) is 4.62. The second kappa shape index (κ2) is 6.34. The summed E-state index contributed by atoms with van der Waals surface area (Å²) in [7, 11) is 4.78. The Morgan fingerprint density at radius 1 is 1.00 bits per heavy atom. The fourth-order valence-electron chi connectivity index (χ4n) is 2.16. The number of ether oxygens (including phenoxy) is 3. The van der Waals surface area contributed by atoms with E-state index in [2.05, 4.69) is 25.9 Å². The monoisotopic (exact) mass is 316 g/mol. The smallest absolute Gasteiger partial charge is 0.200 e. The summed E-state index contributed by atoms with van der Waals surface area (Å²) < 4.78 is 17.3. The zero-order valence-electron chi connectivity index (χ0n) is 13.0. The molecule has 0 saturated heterocycles. The van der Waals surface area contributed by atoms with Crippen molar-refractivity contribution in [2.45, 2.75) is 6.54 Å². The Hall–Kier alpha value is -3.10. The van der Waals surface area contributed by atoms with Crippen LogP contribution in [-0.2, 0) is 6.54 Å². The summed E-state index contributed by atoms with van der Waals surface area (Å²) in [5, 5.41) is 18.6. The molecule has 0 aliphatic carbocycles. The largest absolute Gasteiger partial charge is 0.496 e. The molecule has 0 fully saturated rings. The number of nitrogens with zero attached hydrogens (tertiary/aromatic N) is 5. The Bertz CT molecular complexity index is 819. The first-order valence-electron chi connectivity index (χ1n) is 6.83. The Morgan fingerprint density at radius 3 is 2.48 bits per heavy atom. The minimum absolute atomic E-state index is 0.490. The van der Waals surface area contributed by atoms with Crippen LogP contribution in [0.25, 0.3) is 5.65 Å². The maximum atomic E-state index is 5.40. The van der Waals surface area contributed by atoms with Gasteiger partial charge in [0, 0.05) is 18.2 Å². The van der Waals surface area contributed by atoms with Crippen LogP contribution >= 0.6 is 0 Å². The Kier molecular flexibility index (Phi) is 4.09. The number of anilines is 1. The van der Waals surface area contributed by atoms with Gasteiger partial charge in [-0.3, -0.25) is 0 Å². The van der Waals surface area contributed by atoms with Crippen molar-refractivity contribution in [3.8, 4) is 17.2 Å². The highest BCUT2D eigenvalue weighted by atomic mass is 16.5. The van der Waals surface area contributed by atoms with Gasteiger partial charge in [-0.15, -0.1) is 14.8 Å². The zero-order chi connectivity index (χ0) is 16.2. The summed E-state index contributed by atoms with van der Waals surface area (Å²) in [6.45, 7) is 0.490. The van der Waals surface area contributed by atoms with Crippen molar-refractivity contribution in [3.63, 3.8) is 0 Å². The van der Waals surface area contributed by atoms with Crippen molar-refractivity contribution < 1.29 is 14.2 Å². The van der Waals surface area contributed by atoms with E-state index < -0.39 is 0 Å². The molecule has 120 valence electrons. The molecule has 0 aliphatic rings. The van der Waals surface area contributed by atoms with Gasteiger partial charge in [-0.05, 0) is 28.6 Å². The van der Waals surface area contributed by atoms with E-state index in [4.69, 9.17) is 14.2 Å². The molecule has 0 unspecified atom stereocenters. The van der Waals surface area contributed by atoms with E-state index in [-0.39, 0.29) is 0 Å². The molecule has 0 atom stereocenters. The highest BCUT2D eigenvalue weighted by molar-refractivity contribution is 5.52. The van der Waals surface area contributed by atoms with Gasteiger partial charge in [0.05, 0.1) is 21.3 Å². The zero-order valence-corrected chi connectivity index (χ0v) is 13.0. The molecule has 0 aliphatic heterocycles. The molecule has 2 aromatic heterocycles. The number of benzene rings is 1. The third-order valence-corrected chi connectivity index (χ3v) is 3.32. The normalized spacial score (nSPS) is 10.6. The first kappa shape index (κ1) is 14.8. The molecule has 3 rings (SSSR count). The molecule has 0 saturated carbocycles. The molecule has 1 aromatic carbocycles. The van der Waals surface area contributed by atoms with Gasteiger partial charge in [0.1, 0.15) is 11.6 Å². The number of hydrogen-bond donors (Lipinski definition) is 1. The topological polar surface area (TPSA) is 95.7 Å². The SMILES string of the molecule is COc1cc(OC)c(OC)cc1CNc1ccc2nnnn2n1. The minimum Gasteiger partial charge on any atom is -0.496 e. The molecule has 0 amide bonds. The quantitative estimate of drug-likeness (QED) is 0.723. The molecule has 0 radical (unpaired) electrons. The highest BCUT2D eigenvalue weighted by Gasteiger charge is 2.12. The van der Waals surface area contributed by atoms with Crippen LogP contribution in [0, 0.1) is 0 Å². The second-order valence-corrected chi connectivity index (χ2v) is 4.62. The van der Waals surface area contributed by atoms with E-state index in [1.54, 1.807) is 39.5 Å². The van der Waals surface area contributed by atoms with Gasteiger partial charge in [-0.1, -0.05) is 0 Å². The number of nitrogens with one attached hydrogen (secondary N) is 1. The molecule has 0 spiro atoms. The Morgan fingerprint density at radius 2 is 1.74 bits per heavy atom. The fourth-order valence-corrected chi connectivity index (χ4v) is 2.16. The van der Waals surface area contributed by atoms with Crippen LogP contribution in [0.3, 0.4) is 0 Å². The number of hydrogen-bond acceptors (Lipinski definition) is 8. The van der Waals surface area contributed by atoms with Crippen molar-refractivity contribution in [2.24, 2.45) is 0 Å². The summed E-state index contributed by atoms with van der Waals surface area (Å²) in [5.74, 6) is 2.58. The number of fused-ring (bicyclic) bond motifs is 1. The summed E-state index contributed by atoms with van der Waals surface area (Å²) in [6.07, 6.45) is 0. The molecular weight excluding hydrogens is 300 g/mol. The van der Waals surface area contributed by atoms with E-state index >= 15 is 0 Å². The van der Waals surface area contributed by atoms with Crippen molar-refractivity contribution in [1.29, 1.82) is 0 Å². The molecule has 9 heteroatoms. The van der Waals surface area contributed by atoms with Crippen LogP contribution in [0.15, 0.2) is 24.3 Å². The minimum atomic E-state index is 0.490. The van der Waals surface area contributed by atoms with Gasteiger partial charge in [0.25, 0.3) is 0 Å². The van der Waals surface area contributed by atoms with Crippen molar-refractivity contribution in [3.05, 3.63) is 29.8 Å². The number of tetrazole rings is 1. The van der Waals surface area contributed by atoms with Crippen LogP contribution in [0.2, 0.25) is 0 Å². The van der Waals surface area contributed by atoms with Crippen LogP contribution in [0.4, 0.5) is 5.82 Å². The molecule has 2 heterocycles. The van der Waals surface area contributed by atoms with Crippen molar-refractivity contribution in [2.75, 3.05) is 26.6 Å². The maximum Gasteiger partial charge on any atom is 0.200 e. The van der Waals surface area contributed by atoms with E-state index in [0.717, 1.165) is 5.56 Å². The van der Waals surface area contributed by atoms with Gasteiger partial charge >= 0.3 is 0 Å². The number of methoxy groups -OCH3 is 3. The Balaban J connectivity index is 1.83. The average molecular weight is 316 g/mol. The summed E-state index contributed by atoms with van der Waals surface area (Å²) >= 11 is 0. The summed E-state index contributed by atoms with van der Waals surface area (Å²) in [6, 6.07) is 7.23. The predicted octanol–water partition coefficient (Wildman–Crippen LogP) is 1.16. The van der Waals surface area contributed by atoms with E-state index in [9.17, 15) is 0 Å². The van der Waals surface area contributed by atoms with Crippen LogP contribution in [0.5, 0.6) is 17.2 Å². The van der Waals surface area contributed by atoms with Crippen LogP contribution in [0.1, 0.15) is 5.56 Å². The number of rotatable bonds is 6. The first-order chi connectivity index (χ1) is 11.2. The molecule has 23 heavy (non-hydrogen) atoms. The predicted molar refractivity (Wildman–Crippen MR) is 82.0 cm³/mol. The van der Waals surface area contributed by atoms with Gasteiger partial charge < -0.3 is 19.5 Å². The van der Waals surface area contributed by atoms with E-state index in [1.165, 1.54) is 4.63 Å². The molecule has 1 N–H and O–H groups in total. The van der Waals surface area contributed by atoms with Gasteiger partial charge in [0.15, 0.2) is 17.1 Å². The molecule has 0 bridgehead atoms. The van der Waals surface area contributed by atoms with E-state index in [1.807, 2.05) is 6.07 Å². The Labute approximate surface area is 132 Å². The lowest BCUT2D eigenvalue weighted by Gasteiger charge is -2.14. The van der Waals surface area contributed by atoms with Crippen molar-refractivity contribution >= 4 is 11.5 Å². The van der Waals surface area contributed by atoms with Crippen LogP contribution in [-0.4, -0.2) is 46.6 Å². The molecule has 9 nitrogen and oxygen atoms in total. The molecular formula is C14H16N6O3. The van der Waals surface area contributed by atoms with Gasteiger partial charge in [-0.2, -0.15) is 0 Å². The van der Waals surface area contributed by atoms with Crippen LogP contribution < -0.4 is 19.5 Å². The van der Waals surface area contributed by atoms with Gasteiger partial charge in [0.2, 0.25) is 0 Å². The van der Waals surface area contributed by atoms with E-state index in [0.29, 0.717) is 35.3 Å². The van der Waals surface area contributed by atoms with Gasteiger partial charge in [-0.25, -0.2) is 0 Å². The fraction of sp³-hybridized carbons (Fsp3) is 0.286. The lowest BCUT2D eigenvalue weighted by Crippen LogP contribution is -2.06. The van der Waals surface area contributed by atoms with Crippen molar-refractivity contribution in [1.82, 2.24) is 25.3 Å². The lowest BCUT2D eigenvalue weighted by atomic mass is 10.1. The average Bonchev–Trinajstić information content (AvgIpc) is 3.06. The third-order valence-electron chi connectivity index (χ3n) is 3.32. The maximum absolute atomic E-state index is 5.40. The number of aromatic nitrogens is 5. The summed E-state index contributed by atoms with van der Waals surface area (Å²) in [4.78, 5) is 0. The first-order valence-corrected chi connectivity index (χ1v) is 6.83. The lowest BCUT2D eigenvalue weighted by molar-refractivity contribution is 0.347. The summed E-state index contributed by atoms with van der Waals surface area (Å²) in [5.41, 5.74) is 1.49. The standard InChI is InChI=1S/C14H16N6O3/c1-21-10-7-12(23-3)11(22-2)6-9(10)8-15-13-4-5-14-16-18-19-20(14)17-13/h4-7H,8H2,1-3H3,(H,15,17).